The van der Waals surface area contributed by atoms with Gasteiger partial charge in [-0.1, -0.05) is 129 Å². The van der Waals surface area contributed by atoms with Crippen LogP contribution in [0.5, 0.6) is 0 Å². The first kappa shape index (κ1) is 55.3. The van der Waals surface area contributed by atoms with Gasteiger partial charge in [0.1, 0.15) is 11.2 Å². The van der Waals surface area contributed by atoms with E-state index in [-0.39, 0.29) is 0 Å². The van der Waals surface area contributed by atoms with Crippen LogP contribution in [0.4, 0.5) is 68.2 Å². The number of benzene rings is 11. The smallest absolute Gasteiger partial charge is 0.137 e. The molecule has 0 aliphatic rings. The molecule has 0 saturated heterocycles. The molecule has 0 unspecified atom stereocenters. The van der Waals surface area contributed by atoms with Gasteiger partial charge in [0.2, 0.25) is 0 Å². The normalized spacial score (nSPS) is 11.3. The summed E-state index contributed by atoms with van der Waals surface area (Å²) in [6.07, 6.45) is 5.79. The lowest BCUT2D eigenvalue weighted by molar-refractivity contribution is 0.667. The SMILES string of the molecule is CCCCSc1ccc(N(c2ccc(C)cc2)c2ccc(-c3ccc(N(c4ccc(N(c5ccc(N(c6ccccc6)c6ccc(C)cc6)cc5)c5cc(C)ccc5C)cc4)c4ccc5c(c4)oc4cc(CCCC)ccc45)cc3)cc2)cc1. The van der Waals surface area contributed by atoms with Gasteiger partial charge in [-0.05, 0) is 238 Å². The van der Waals surface area contributed by atoms with Crippen LogP contribution in [0.3, 0.4) is 0 Å². The fourth-order valence-electron chi connectivity index (χ4n) is 11.3. The highest BCUT2D eigenvalue weighted by Crippen LogP contribution is 2.45. The molecule has 416 valence electrons. The second-order valence-electron chi connectivity index (χ2n) is 22.2. The van der Waals surface area contributed by atoms with Crippen LogP contribution >= 0.6 is 11.8 Å². The van der Waals surface area contributed by atoms with E-state index in [9.17, 15) is 0 Å². The van der Waals surface area contributed by atoms with E-state index in [1.165, 1.54) is 45.6 Å². The highest BCUT2D eigenvalue weighted by molar-refractivity contribution is 7.99. The first-order chi connectivity index (χ1) is 41.2. The molecule has 0 aliphatic heterocycles. The van der Waals surface area contributed by atoms with Crippen LogP contribution in [-0.2, 0) is 6.42 Å². The van der Waals surface area contributed by atoms with Gasteiger partial charge in [0.15, 0.2) is 0 Å². The van der Waals surface area contributed by atoms with Crippen LogP contribution in [0.25, 0.3) is 33.1 Å². The summed E-state index contributed by atoms with van der Waals surface area (Å²) in [5.74, 6) is 1.14. The number of furan rings is 1. The topological polar surface area (TPSA) is 26.1 Å². The number of thioether (sulfide) groups is 1. The Morgan fingerprint density at radius 3 is 1.23 bits per heavy atom. The van der Waals surface area contributed by atoms with Gasteiger partial charge >= 0.3 is 0 Å². The van der Waals surface area contributed by atoms with Crippen molar-refractivity contribution in [1.82, 2.24) is 0 Å². The first-order valence-electron chi connectivity index (χ1n) is 29.7. The fraction of sp³-hybridized carbons (Fsp3) is 0.154. The predicted octanol–water partition coefficient (Wildman–Crippen LogP) is 23.6. The monoisotopic (exact) mass is 1110 g/mol. The summed E-state index contributed by atoms with van der Waals surface area (Å²) in [4.78, 5) is 10.7. The van der Waals surface area contributed by atoms with Gasteiger partial charge in [-0.2, -0.15) is 0 Å². The predicted molar refractivity (Wildman–Crippen MR) is 361 cm³/mol. The number of hydrogen-bond donors (Lipinski definition) is 0. The zero-order chi connectivity index (χ0) is 57.5. The first-order valence-corrected chi connectivity index (χ1v) is 30.7. The van der Waals surface area contributed by atoms with E-state index < -0.39 is 0 Å². The molecule has 0 radical (unpaired) electrons. The van der Waals surface area contributed by atoms with Crippen LogP contribution in [0, 0.1) is 27.7 Å². The molecule has 5 nitrogen and oxygen atoms in total. The third-order valence-corrected chi connectivity index (χ3v) is 17.1. The zero-order valence-electron chi connectivity index (χ0n) is 49.1. The number of unbranched alkanes of at least 4 members (excludes halogenated alkanes) is 2. The van der Waals surface area contributed by atoms with Crippen molar-refractivity contribution in [2.45, 2.75) is 78.5 Å². The Morgan fingerprint density at radius 1 is 0.333 bits per heavy atom. The summed E-state index contributed by atoms with van der Waals surface area (Å²) in [6, 6.07) is 93.3. The van der Waals surface area contributed by atoms with Crippen molar-refractivity contribution in [2.75, 3.05) is 25.4 Å². The number of hydrogen-bond acceptors (Lipinski definition) is 6. The van der Waals surface area contributed by atoms with Crippen molar-refractivity contribution in [2.24, 2.45) is 0 Å². The Kier molecular flexibility index (Phi) is 16.5. The molecule has 11 aromatic carbocycles. The number of anilines is 12. The number of para-hydroxylation sites is 1. The third kappa shape index (κ3) is 12.0. The third-order valence-electron chi connectivity index (χ3n) is 16.0. The number of aryl methyl sites for hydroxylation is 5. The van der Waals surface area contributed by atoms with Crippen LogP contribution in [0.1, 0.15) is 67.3 Å². The summed E-state index contributed by atoms with van der Waals surface area (Å²) in [5, 5.41) is 2.26. The van der Waals surface area contributed by atoms with Gasteiger partial charge < -0.3 is 24.0 Å². The molecule has 0 atom stereocenters. The molecule has 6 heteroatoms. The lowest BCUT2D eigenvalue weighted by Gasteiger charge is -2.30. The summed E-state index contributed by atoms with van der Waals surface area (Å²) >= 11 is 1.93. The minimum atomic E-state index is 0.868. The second kappa shape index (κ2) is 25.1. The molecule has 84 heavy (non-hydrogen) atoms. The van der Waals surface area contributed by atoms with Gasteiger partial charge in [-0.3, -0.25) is 0 Å². The van der Waals surface area contributed by atoms with Crippen LogP contribution in [-0.4, -0.2) is 5.75 Å². The molecular weight excluding hydrogens is 1040 g/mol. The summed E-state index contributed by atoms with van der Waals surface area (Å²) in [7, 11) is 0. The highest BCUT2D eigenvalue weighted by Gasteiger charge is 2.21. The van der Waals surface area contributed by atoms with Gasteiger partial charge in [0, 0.05) is 90.0 Å². The minimum Gasteiger partial charge on any atom is -0.456 e. The standard InChI is InChI=1S/C78H72N4OS/c1-7-9-14-59-23-49-74-75-50-46-72(54-78(75)83-77(74)53-59)81(66-34-26-61(27-35-66)60-24-32-65(33-25-60)80(64-30-20-56(4)21-31-64)69-44-47-73(48-45-69)84-51-10-8-2)68-38-42-71(43-39-68)82(76-52-57(5)17-22-58(76)6)70-40-36-67(37-41-70)79(62-15-12-11-13-16-62)63-28-18-55(3)19-29-63/h11-13,15-50,52-54H,7-10,14,51H2,1-6H3. The van der Waals surface area contributed by atoms with E-state index in [0.29, 0.717) is 0 Å². The van der Waals surface area contributed by atoms with E-state index >= 15 is 0 Å². The van der Waals surface area contributed by atoms with Crippen molar-refractivity contribution in [3.8, 4) is 11.1 Å². The van der Waals surface area contributed by atoms with E-state index in [4.69, 9.17) is 4.42 Å². The van der Waals surface area contributed by atoms with Gasteiger partial charge in [-0.25, -0.2) is 0 Å². The average molecular weight is 1110 g/mol. The second-order valence-corrected chi connectivity index (χ2v) is 23.3. The van der Waals surface area contributed by atoms with E-state index in [2.05, 4.69) is 316 Å². The molecule has 0 amide bonds. The Balaban J connectivity index is 0.899. The summed E-state index contributed by atoms with van der Waals surface area (Å²) in [5.41, 5.74) is 23.3. The van der Waals surface area contributed by atoms with Crippen LogP contribution in [0.2, 0.25) is 0 Å². The average Bonchev–Trinajstić information content (AvgIpc) is 4.00. The molecule has 0 saturated carbocycles. The molecule has 1 heterocycles. The van der Waals surface area contributed by atoms with E-state index in [1.807, 2.05) is 11.8 Å². The zero-order valence-corrected chi connectivity index (χ0v) is 49.9. The largest absolute Gasteiger partial charge is 0.456 e. The maximum absolute atomic E-state index is 6.73. The van der Waals surface area contributed by atoms with Crippen LogP contribution in [0.15, 0.2) is 264 Å². The highest BCUT2D eigenvalue weighted by atomic mass is 32.2. The number of rotatable bonds is 20. The van der Waals surface area contributed by atoms with E-state index in [1.54, 1.807) is 0 Å². The quantitative estimate of drug-likeness (QED) is 0.0557. The fourth-order valence-corrected chi connectivity index (χ4v) is 12.3. The molecule has 0 N–H and O–H groups in total. The Labute approximate surface area is 501 Å². The molecule has 0 aliphatic carbocycles. The summed E-state index contributed by atoms with van der Waals surface area (Å²) in [6.45, 7) is 13.1. The molecule has 0 fully saturated rings. The molecule has 12 aromatic rings. The Morgan fingerprint density at radius 2 is 0.726 bits per heavy atom. The lowest BCUT2D eigenvalue weighted by Crippen LogP contribution is -2.14. The molecule has 0 bridgehead atoms. The summed E-state index contributed by atoms with van der Waals surface area (Å²) < 4.78 is 6.73. The van der Waals surface area contributed by atoms with Crippen molar-refractivity contribution < 1.29 is 4.42 Å². The number of nitrogens with zero attached hydrogens (tertiary/aromatic N) is 4. The minimum absolute atomic E-state index is 0.868. The lowest BCUT2D eigenvalue weighted by atomic mass is 10.0. The van der Waals surface area contributed by atoms with Gasteiger partial charge in [-0.15, -0.1) is 11.8 Å². The molecule has 12 rings (SSSR count). The maximum Gasteiger partial charge on any atom is 0.137 e. The maximum atomic E-state index is 6.73. The van der Waals surface area contributed by atoms with Gasteiger partial charge in [0.25, 0.3) is 0 Å². The van der Waals surface area contributed by atoms with Crippen molar-refractivity contribution in [1.29, 1.82) is 0 Å². The van der Waals surface area contributed by atoms with E-state index in [0.717, 1.165) is 126 Å². The Hall–Kier alpha value is -9.23. The van der Waals surface area contributed by atoms with Gasteiger partial charge in [0.05, 0.1) is 0 Å². The molecule has 1 aromatic heterocycles. The van der Waals surface area contributed by atoms with Crippen molar-refractivity contribution in [3.63, 3.8) is 0 Å². The van der Waals surface area contributed by atoms with Crippen molar-refractivity contribution >= 4 is 102 Å². The van der Waals surface area contributed by atoms with Crippen LogP contribution < -0.4 is 19.6 Å². The number of fused-ring (bicyclic) bond motifs is 3. The molecular formula is C78H72N4OS. The Bertz CT molecular complexity index is 4140. The molecule has 0 spiro atoms. The van der Waals surface area contributed by atoms with Crippen molar-refractivity contribution in [3.05, 3.63) is 283 Å².